The van der Waals surface area contributed by atoms with Crippen LogP contribution in [0.1, 0.15) is 17.3 Å². The fraction of sp³-hybridized carbons (Fsp3) is 0.438. The largest absolute Gasteiger partial charge is 0.497 e. The van der Waals surface area contributed by atoms with E-state index in [2.05, 4.69) is 20.4 Å². The van der Waals surface area contributed by atoms with Crippen molar-refractivity contribution in [1.82, 2.24) is 20.4 Å². The van der Waals surface area contributed by atoms with E-state index in [1.807, 2.05) is 30.1 Å². The van der Waals surface area contributed by atoms with Crippen LogP contribution in [0.4, 0.5) is 0 Å². The van der Waals surface area contributed by atoms with Crippen molar-refractivity contribution >= 4 is 5.96 Å². The fourth-order valence-electron chi connectivity index (χ4n) is 2.26. The van der Waals surface area contributed by atoms with Crippen molar-refractivity contribution in [3.63, 3.8) is 0 Å². The molecule has 0 aliphatic heterocycles. The maximum atomic E-state index is 5.43. The van der Waals surface area contributed by atoms with Gasteiger partial charge in [0.2, 0.25) is 5.89 Å². The number of hydrogen-bond acceptors (Lipinski definition) is 6. The van der Waals surface area contributed by atoms with Crippen LogP contribution in [0.15, 0.2) is 27.7 Å². The molecule has 130 valence electrons. The summed E-state index contributed by atoms with van der Waals surface area (Å²) in [5, 5.41) is 6.96. The van der Waals surface area contributed by atoms with Crippen LogP contribution >= 0.6 is 0 Å². The van der Waals surface area contributed by atoms with Gasteiger partial charge in [-0.25, -0.2) is 0 Å². The zero-order valence-corrected chi connectivity index (χ0v) is 14.7. The third kappa shape index (κ3) is 4.37. The third-order valence-corrected chi connectivity index (χ3v) is 3.44. The second kappa shape index (κ2) is 8.19. The minimum absolute atomic E-state index is 0.414. The SMILES string of the molecule is CN=C(NCc1nc(C)no1)N(C)Cc1ccc(OC)cc1OC. The lowest BCUT2D eigenvalue weighted by Gasteiger charge is -2.22. The van der Waals surface area contributed by atoms with E-state index in [4.69, 9.17) is 14.0 Å². The van der Waals surface area contributed by atoms with E-state index in [0.29, 0.717) is 30.8 Å². The number of aromatic nitrogens is 2. The summed E-state index contributed by atoms with van der Waals surface area (Å²) in [6.45, 7) is 2.82. The summed E-state index contributed by atoms with van der Waals surface area (Å²) >= 11 is 0. The first-order chi connectivity index (χ1) is 11.6. The first kappa shape index (κ1) is 17.6. The summed E-state index contributed by atoms with van der Waals surface area (Å²) in [5.74, 6) is 3.36. The van der Waals surface area contributed by atoms with Crippen LogP contribution in [0.5, 0.6) is 11.5 Å². The molecule has 24 heavy (non-hydrogen) atoms. The molecule has 1 heterocycles. The number of rotatable bonds is 6. The Hall–Kier alpha value is -2.77. The molecular weight excluding hydrogens is 310 g/mol. The highest BCUT2D eigenvalue weighted by atomic mass is 16.5. The highest BCUT2D eigenvalue weighted by molar-refractivity contribution is 5.79. The van der Waals surface area contributed by atoms with Crippen LogP contribution in [0.2, 0.25) is 0 Å². The number of guanidine groups is 1. The van der Waals surface area contributed by atoms with Crippen LogP contribution in [-0.2, 0) is 13.1 Å². The lowest BCUT2D eigenvalue weighted by molar-refractivity contribution is 0.366. The van der Waals surface area contributed by atoms with E-state index >= 15 is 0 Å². The number of hydrogen-bond donors (Lipinski definition) is 1. The van der Waals surface area contributed by atoms with Gasteiger partial charge in [-0.3, -0.25) is 4.99 Å². The molecule has 0 saturated carbocycles. The van der Waals surface area contributed by atoms with Crippen LogP contribution in [0.3, 0.4) is 0 Å². The van der Waals surface area contributed by atoms with Crippen molar-refractivity contribution in [1.29, 1.82) is 0 Å². The molecule has 0 unspecified atom stereocenters. The molecule has 2 aromatic rings. The van der Waals surface area contributed by atoms with Gasteiger partial charge in [0.15, 0.2) is 11.8 Å². The first-order valence-electron chi connectivity index (χ1n) is 7.49. The van der Waals surface area contributed by atoms with Gasteiger partial charge in [0, 0.05) is 32.3 Å². The average Bonchev–Trinajstić information content (AvgIpc) is 3.01. The van der Waals surface area contributed by atoms with Crippen molar-refractivity contribution in [2.24, 2.45) is 4.99 Å². The number of ether oxygens (including phenoxy) is 2. The molecule has 8 nitrogen and oxygen atoms in total. The number of methoxy groups -OCH3 is 2. The third-order valence-electron chi connectivity index (χ3n) is 3.44. The Morgan fingerprint density at radius 3 is 2.71 bits per heavy atom. The van der Waals surface area contributed by atoms with Crippen molar-refractivity contribution < 1.29 is 14.0 Å². The van der Waals surface area contributed by atoms with Crippen LogP contribution in [-0.4, -0.2) is 49.3 Å². The molecule has 1 aromatic heterocycles. The van der Waals surface area contributed by atoms with Crippen LogP contribution in [0.25, 0.3) is 0 Å². The Labute approximate surface area is 141 Å². The summed E-state index contributed by atoms with van der Waals surface area (Å²) < 4.78 is 15.7. The molecular formula is C16H23N5O3. The monoisotopic (exact) mass is 333 g/mol. The number of nitrogens with zero attached hydrogens (tertiary/aromatic N) is 4. The quantitative estimate of drug-likeness (QED) is 0.635. The highest BCUT2D eigenvalue weighted by Crippen LogP contribution is 2.25. The van der Waals surface area contributed by atoms with Gasteiger partial charge in [0.1, 0.15) is 11.5 Å². The molecule has 0 aliphatic rings. The van der Waals surface area contributed by atoms with Crippen molar-refractivity contribution in [2.45, 2.75) is 20.0 Å². The Morgan fingerprint density at radius 2 is 2.12 bits per heavy atom. The molecule has 0 spiro atoms. The smallest absolute Gasteiger partial charge is 0.246 e. The molecule has 1 N–H and O–H groups in total. The van der Waals surface area contributed by atoms with E-state index in [-0.39, 0.29) is 0 Å². The summed E-state index contributed by atoms with van der Waals surface area (Å²) in [7, 11) is 6.94. The number of aryl methyl sites for hydroxylation is 1. The Kier molecular flexibility index (Phi) is 6.00. The molecule has 0 atom stereocenters. The van der Waals surface area contributed by atoms with Crippen molar-refractivity contribution in [3.05, 3.63) is 35.5 Å². The lowest BCUT2D eigenvalue weighted by Crippen LogP contribution is -2.38. The van der Waals surface area contributed by atoms with Gasteiger partial charge >= 0.3 is 0 Å². The van der Waals surface area contributed by atoms with Gasteiger partial charge in [-0.2, -0.15) is 4.98 Å². The van der Waals surface area contributed by atoms with Crippen molar-refractivity contribution in [3.8, 4) is 11.5 Å². The van der Waals surface area contributed by atoms with Crippen LogP contribution in [0, 0.1) is 6.92 Å². The molecule has 0 radical (unpaired) electrons. The van der Waals surface area contributed by atoms with E-state index in [1.165, 1.54) is 0 Å². The Bertz CT molecular complexity index is 699. The Morgan fingerprint density at radius 1 is 1.33 bits per heavy atom. The van der Waals surface area contributed by atoms with Gasteiger partial charge in [0.05, 0.1) is 20.8 Å². The minimum atomic E-state index is 0.414. The van der Waals surface area contributed by atoms with Gasteiger partial charge < -0.3 is 24.2 Å². The van der Waals surface area contributed by atoms with Gasteiger partial charge in [0.25, 0.3) is 0 Å². The van der Waals surface area contributed by atoms with E-state index in [1.54, 1.807) is 28.2 Å². The standard InChI is InChI=1S/C16H23N5O3/c1-11-19-15(24-20-11)9-18-16(17-2)21(3)10-12-6-7-13(22-4)8-14(12)23-5/h6-8H,9-10H2,1-5H3,(H,17,18). The molecule has 1 aromatic carbocycles. The second-order valence-corrected chi connectivity index (χ2v) is 5.17. The maximum absolute atomic E-state index is 5.43. The molecule has 0 aliphatic carbocycles. The fourth-order valence-corrected chi connectivity index (χ4v) is 2.26. The van der Waals surface area contributed by atoms with E-state index in [0.717, 1.165) is 17.1 Å². The topological polar surface area (TPSA) is 85.0 Å². The second-order valence-electron chi connectivity index (χ2n) is 5.17. The zero-order chi connectivity index (χ0) is 17.5. The maximum Gasteiger partial charge on any atom is 0.246 e. The summed E-state index contributed by atoms with van der Waals surface area (Å²) in [5.41, 5.74) is 1.03. The van der Waals surface area contributed by atoms with Crippen molar-refractivity contribution in [2.75, 3.05) is 28.3 Å². The Balaban J connectivity index is 2.02. The summed E-state index contributed by atoms with van der Waals surface area (Å²) in [6.07, 6.45) is 0. The van der Waals surface area contributed by atoms with Crippen LogP contribution < -0.4 is 14.8 Å². The molecule has 0 saturated heterocycles. The molecule has 0 amide bonds. The normalized spacial score (nSPS) is 11.3. The minimum Gasteiger partial charge on any atom is -0.497 e. The average molecular weight is 333 g/mol. The predicted molar refractivity (Wildman–Crippen MR) is 90.2 cm³/mol. The lowest BCUT2D eigenvalue weighted by atomic mass is 10.2. The number of nitrogens with one attached hydrogen (secondary N) is 1. The van der Waals surface area contributed by atoms with Gasteiger partial charge in [-0.15, -0.1) is 0 Å². The number of aliphatic imine (C=N–C) groups is 1. The van der Waals surface area contributed by atoms with E-state index < -0.39 is 0 Å². The number of benzene rings is 1. The predicted octanol–water partition coefficient (Wildman–Crippen LogP) is 1.60. The molecule has 0 fully saturated rings. The molecule has 2 rings (SSSR count). The zero-order valence-electron chi connectivity index (χ0n) is 14.7. The first-order valence-corrected chi connectivity index (χ1v) is 7.49. The molecule has 8 heteroatoms. The molecule has 0 bridgehead atoms. The summed E-state index contributed by atoms with van der Waals surface area (Å²) in [6, 6.07) is 5.74. The van der Waals surface area contributed by atoms with Gasteiger partial charge in [-0.1, -0.05) is 5.16 Å². The van der Waals surface area contributed by atoms with E-state index in [9.17, 15) is 0 Å². The van der Waals surface area contributed by atoms with Gasteiger partial charge in [-0.05, 0) is 19.1 Å². The summed E-state index contributed by atoms with van der Waals surface area (Å²) in [4.78, 5) is 10.4. The highest BCUT2D eigenvalue weighted by Gasteiger charge is 2.12.